The van der Waals surface area contributed by atoms with E-state index in [-0.39, 0.29) is 5.92 Å². The quantitative estimate of drug-likeness (QED) is 0.269. The minimum Gasteiger partial charge on any atom is -0.253 e. The molecule has 0 amide bonds. The van der Waals surface area contributed by atoms with Gasteiger partial charge in [0.05, 0.1) is 17.1 Å². The summed E-state index contributed by atoms with van der Waals surface area (Å²) in [6.45, 7) is 6.46. The van der Waals surface area contributed by atoms with E-state index in [2.05, 4.69) is 105 Å². The fourth-order valence-electron chi connectivity index (χ4n) is 4.19. The summed E-state index contributed by atoms with van der Waals surface area (Å²) in [5.74, 6) is 0.254. The van der Waals surface area contributed by atoms with Crippen molar-refractivity contribution in [3.05, 3.63) is 124 Å². The third-order valence-electron chi connectivity index (χ3n) is 6.20. The van der Waals surface area contributed by atoms with Crippen LogP contribution in [0.2, 0.25) is 0 Å². The minimum absolute atomic E-state index is 0.254. The average molecular weight is 461 g/mol. The summed E-state index contributed by atoms with van der Waals surface area (Å²) in [6.07, 6.45) is 3.07. The largest absolute Gasteiger partial charge is 0.253 e. The monoisotopic (exact) mass is 460 g/mol. The van der Waals surface area contributed by atoms with Gasteiger partial charge in [0.25, 0.3) is 0 Å². The van der Waals surface area contributed by atoms with Crippen molar-refractivity contribution in [1.82, 2.24) is 4.98 Å². The number of hydrogen-bond donors (Lipinski definition) is 0. The van der Waals surface area contributed by atoms with Gasteiger partial charge < -0.3 is 0 Å². The topological polar surface area (TPSA) is 36.7 Å². The first kappa shape index (κ1) is 23.4. The van der Waals surface area contributed by atoms with Gasteiger partial charge in [-0.05, 0) is 58.5 Å². The van der Waals surface area contributed by atoms with Gasteiger partial charge in [-0.15, -0.1) is 11.3 Å². The first-order chi connectivity index (χ1) is 16.6. The number of nitriles is 1. The molecule has 0 bridgehead atoms. The molecule has 0 spiro atoms. The van der Waals surface area contributed by atoms with Crippen LogP contribution in [-0.2, 0) is 6.42 Å². The highest BCUT2D eigenvalue weighted by molar-refractivity contribution is 7.09. The van der Waals surface area contributed by atoms with E-state index in [9.17, 15) is 5.26 Å². The number of rotatable bonds is 4. The predicted octanol–water partition coefficient (Wildman–Crippen LogP) is 8.54. The van der Waals surface area contributed by atoms with Crippen molar-refractivity contribution in [1.29, 1.82) is 5.26 Å². The maximum absolute atomic E-state index is 9.70. The Labute approximate surface area is 206 Å². The van der Waals surface area contributed by atoms with Gasteiger partial charge in [-0.2, -0.15) is 5.26 Å². The summed E-state index contributed by atoms with van der Waals surface area (Å²) in [6, 6.07) is 31.7. The number of thiazole rings is 1. The van der Waals surface area contributed by atoms with Crippen molar-refractivity contribution in [3.8, 4) is 17.2 Å². The Hall–Kier alpha value is -3.74. The summed E-state index contributed by atoms with van der Waals surface area (Å²) in [4.78, 5) is 5.44. The number of nitrogens with zero attached hydrogens (tertiary/aromatic N) is 2. The molecule has 3 heteroatoms. The maximum atomic E-state index is 9.70. The van der Waals surface area contributed by atoms with Crippen LogP contribution in [0.15, 0.2) is 96.6 Å². The van der Waals surface area contributed by atoms with Gasteiger partial charge >= 0.3 is 0 Å². The molecule has 168 valence electrons. The first-order valence-electron chi connectivity index (χ1n) is 11.6. The van der Waals surface area contributed by atoms with Crippen LogP contribution in [0.1, 0.15) is 46.9 Å². The number of fused-ring (bicyclic) bond motifs is 1. The zero-order chi connectivity index (χ0) is 23.9. The molecular weight excluding hydrogens is 432 g/mol. The standard InChI is InChI=1S/C23H18N2S.C8H10/c1-15-7-8-17-5-3-4-6-20(17)23(15)21-11-18(9-10-19(21)12-24)16(2)22-13-25-14-26-22;1-2-8-6-4-3-5-7-8/h3-11,13-14,16H,1-2H3;3-7H,2H2,1H3. The maximum Gasteiger partial charge on any atom is 0.0998 e. The normalized spacial score (nSPS) is 11.4. The van der Waals surface area contributed by atoms with E-state index in [1.165, 1.54) is 32.3 Å². The van der Waals surface area contributed by atoms with Crippen molar-refractivity contribution in [2.75, 3.05) is 0 Å². The molecule has 0 saturated heterocycles. The fraction of sp³-hybridized carbons (Fsp3) is 0.161. The highest BCUT2D eigenvalue weighted by atomic mass is 32.1. The Morgan fingerprint density at radius 3 is 2.38 bits per heavy atom. The van der Waals surface area contributed by atoms with E-state index >= 15 is 0 Å². The Morgan fingerprint density at radius 1 is 0.941 bits per heavy atom. The number of benzene rings is 4. The van der Waals surface area contributed by atoms with Crippen LogP contribution in [-0.4, -0.2) is 4.98 Å². The van der Waals surface area contributed by atoms with E-state index in [4.69, 9.17) is 0 Å². The van der Waals surface area contributed by atoms with Crippen LogP contribution in [0.4, 0.5) is 0 Å². The molecule has 2 nitrogen and oxygen atoms in total. The molecule has 1 atom stereocenters. The number of aromatic nitrogens is 1. The third-order valence-corrected chi connectivity index (χ3v) is 7.16. The van der Waals surface area contributed by atoms with Gasteiger partial charge in [-0.3, -0.25) is 4.98 Å². The van der Waals surface area contributed by atoms with Gasteiger partial charge in [0.15, 0.2) is 0 Å². The molecule has 0 radical (unpaired) electrons. The molecule has 1 heterocycles. The second kappa shape index (κ2) is 10.9. The van der Waals surface area contributed by atoms with Crippen molar-refractivity contribution in [2.24, 2.45) is 0 Å². The summed E-state index contributed by atoms with van der Waals surface area (Å²) in [5, 5.41) is 12.1. The molecular formula is C31H28N2S. The molecule has 0 aliphatic carbocycles. The summed E-state index contributed by atoms with van der Waals surface area (Å²) >= 11 is 1.67. The lowest BCUT2D eigenvalue weighted by Crippen LogP contribution is -1.97. The molecule has 1 unspecified atom stereocenters. The highest BCUT2D eigenvalue weighted by Gasteiger charge is 2.16. The smallest absolute Gasteiger partial charge is 0.0998 e. The molecule has 0 aliphatic heterocycles. The number of hydrogen-bond acceptors (Lipinski definition) is 3. The van der Waals surface area contributed by atoms with Crippen molar-refractivity contribution < 1.29 is 0 Å². The molecule has 5 aromatic rings. The van der Waals surface area contributed by atoms with Gasteiger partial charge in [-0.1, -0.05) is 86.6 Å². The summed E-state index contributed by atoms with van der Waals surface area (Å²) < 4.78 is 0. The minimum atomic E-state index is 0.254. The summed E-state index contributed by atoms with van der Waals surface area (Å²) in [5.41, 5.74) is 8.54. The second-order valence-electron chi connectivity index (χ2n) is 8.36. The van der Waals surface area contributed by atoms with E-state index < -0.39 is 0 Å². The van der Waals surface area contributed by atoms with Crippen LogP contribution in [0.3, 0.4) is 0 Å². The molecule has 0 fully saturated rings. The van der Waals surface area contributed by atoms with Gasteiger partial charge in [0.1, 0.15) is 0 Å². The first-order valence-corrected chi connectivity index (χ1v) is 12.5. The van der Waals surface area contributed by atoms with Gasteiger partial charge in [0, 0.05) is 22.6 Å². The van der Waals surface area contributed by atoms with E-state index in [0.717, 1.165) is 17.5 Å². The van der Waals surface area contributed by atoms with E-state index in [1.807, 2.05) is 23.8 Å². The van der Waals surface area contributed by atoms with E-state index in [0.29, 0.717) is 5.56 Å². The number of aryl methyl sites for hydroxylation is 2. The molecule has 34 heavy (non-hydrogen) atoms. The molecule has 0 saturated carbocycles. The van der Waals surface area contributed by atoms with Crippen molar-refractivity contribution in [2.45, 2.75) is 33.1 Å². The second-order valence-corrected chi connectivity index (χ2v) is 9.28. The van der Waals surface area contributed by atoms with Gasteiger partial charge in [0.2, 0.25) is 0 Å². The van der Waals surface area contributed by atoms with Crippen molar-refractivity contribution >= 4 is 22.1 Å². The Kier molecular flexibility index (Phi) is 7.52. The lowest BCUT2D eigenvalue weighted by molar-refractivity contribution is 0.942. The van der Waals surface area contributed by atoms with Crippen LogP contribution < -0.4 is 0 Å². The molecule has 1 aromatic heterocycles. The van der Waals surface area contributed by atoms with E-state index in [1.54, 1.807) is 11.3 Å². The van der Waals surface area contributed by atoms with Crippen LogP contribution in [0.5, 0.6) is 0 Å². The van der Waals surface area contributed by atoms with Crippen molar-refractivity contribution in [3.63, 3.8) is 0 Å². The van der Waals surface area contributed by atoms with Gasteiger partial charge in [-0.25, -0.2) is 0 Å². The fourth-order valence-corrected chi connectivity index (χ4v) is 4.90. The Balaban J connectivity index is 0.000000291. The molecule has 5 rings (SSSR count). The molecule has 4 aromatic carbocycles. The average Bonchev–Trinajstić information content (AvgIpc) is 3.44. The zero-order valence-corrected chi connectivity index (χ0v) is 20.6. The van der Waals surface area contributed by atoms with Crippen LogP contribution in [0.25, 0.3) is 21.9 Å². The highest BCUT2D eigenvalue weighted by Crippen LogP contribution is 2.37. The third kappa shape index (κ3) is 5.09. The predicted molar refractivity (Wildman–Crippen MR) is 144 cm³/mol. The molecule has 0 aliphatic rings. The Morgan fingerprint density at radius 2 is 1.71 bits per heavy atom. The Bertz CT molecular complexity index is 1410. The van der Waals surface area contributed by atoms with Crippen LogP contribution in [0, 0.1) is 18.3 Å². The SMILES string of the molecule is CCc1ccccc1.Cc1ccc2ccccc2c1-c1cc(C(C)c2cncs2)ccc1C#N. The zero-order valence-electron chi connectivity index (χ0n) is 19.8. The summed E-state index contributed by atoms with van der Waals surface area (Å²) in [7, 11) is 0. The lowest BCUT2D eigenvalue weighted by atomic mass is 9.88. The van der Waals surface area contributed by atoms with Crippen LogP contribution >= 0.6 is 11.3 Å². The molecule has 0 N–H and O–H groups in total. The lowest BCUT2D eigenvalue weighted by Gasteiger charge is -2.16.